The first-order chi connectivity index (χ1) is 15.3. The maximum atomic E-state index is 12.9. The fraction of sp³-hybridized carbons (Fsp3) is 0.364. The van der Waals surface area contributed by atoms with Crippen molar-refractivity contribution >= 4 is 29.5 Å². The molecule has 10 heteroatoms. The molecular formula is C22H27FN4O5. The van der Waals surface area contributed by atoms with Gasteiger partial charge in [-0.25, -0.2) is 14.0 Å². The number of hydrogen-bond acceptors (Lipinski definition) is 6. The van der Waals surface area contributed by atoms with E-state index in [1.54, 1.807) is 0 Å². The largest absolute Gasteiger partial charge is 0.452 e. The van der Waals surface area contributed by atoms with Gasteiger partial charge in [0.25, 0.3) is 11.5 Å². The van der Waals surface area contributed by atoms with Crippen LogP contribution >= 0.6 is 0 Å². The van der Waals surface area contributed by atoms with E-state index in [-0.39, 0.29) is 24.6 Å². The monoisotopic (exact) mass is 446 g/mol. The molecule has 1 aromatic carbocycles. The molecule has 172 valence electrons. The Morgan fingerprint density at radius 2 is 1.88 bits per heavy atom. The Kier molecular flexibility index (Phi) is 8.94. The summed E-state index contributed by atoms with van der Waals surface area (Å²) < 4.78 is 19.1. The summed E-state index contributed by atoms with van der Waals surface area (Å²) in [6, 6.07) is 5.47. The number of esters is 1. The van der Waals surface area contributed by atoms with Crippen molar-refractivity contribution in [3.63, 3.8) is 0 Å². The highest BCUT2D eigenvalue weighted by Gasteiger charge is 2.24. The van der Waals surface area contributed by atoms with Crippen LogP contribution in [0.15, 0.2) is 39.9 Å². The van der Waals surface area contributed by atoms with Gasteiger partial charge in [0.05, 0.1) is 0 Å². The smallest absolute Gasteiger partial charge is 0.331 e. The number of halogens is 1. The van der Waals surface area contributed by atoms with E-state index in [1.807, 2.05) is 13.8 Å². The zero-order valence-corrected chi connectivity index (χ0v) is 18.1. The molecule has 0 radical (unpaired) electrons. The van der Waals surface area contributed by atoms with E-state index in [1.165, 1.54) is 34.9 Å². The van der Waals surface area contributed by atoms with Crippen LogP contribution < -0.4 is 21.9 Å². The lowest BCUT2D eigenvalue weighted by atomic mass is 10.2. The maximum Gasteiger partial charge on any atom is 0.331 e. The van der Waals surface area contributed by atoms with Crippen LogP contribution in [0.4, 0.5) is 15.9 Å². The molecular weight excluding hydrogens is 419 g/mol. The van der Waals surface area contributed by atoms with E-state index < -0.39 is 35.5 Å². The molecule has 3 N–H and O–H groups in total. The molecule has 0 bridgehead atoms. The number of nitrogen functional groups attached to an aromatic ring is 1. The second-order valence-corrected chi connectivity index (χ2v) is 7.04. The highest BCUT2D eigenvalue weighted by atomic mass is 19.1. The molecule has 2 aromatic rings. The summed E-state index contributed by atoms with van der Waals surface area (Å²) in [5.74, 6) is -1.95. The van der Waals surface area contributed by atoms with Crippen molar-refractivity contribution < 1.29 is 18.7 Å². The minimum atomic E-state index is -0.785. The first-order valence-corrected chi connectivity index (χ1v) is 10.3. The van der Waals surface area contributed by atoms with Crippen LogP contribution in [-0.4, -0.2) is 34.6 Å². The van der Waals surface area contributed by atoms with Gasteiger partial charge in [0, 0.05) is 19.2 Å². The zero-order chi connectivity index (χ0) is 23.7. The van der Waals surface area contributed by atoms with Crippen LogP contribution in [0.5, 0.6) is 0 Å². The first-order valence-electron chi connectivity index (χ1n) is 10.3. The minimum absolute atomic E-state index is 0.118. The number of nitrogens with zero attached hydrogens (tertiary/aromatic N) is 2. The molecule has 1 aromatic heterocycles. The van der Waals surface area contributed by atoms with Crippen molar-refractivity contribution in [2.75, 3.05) is 23.8 Å². The van der Waals surface area contributed by atoms with Crippen LogP contribution in [0.3, 0.4) is 0 Å². The maximum absolute atomic E-state index is 12.9. The molecule has 0 spiro atoms. The van der Waals surface area contributed by atoms with Crippen molar-refractivity contribution in [3.8, 4) is 0 Å². The Morgan fingerprint density at radius 3 is 2.50 bits per heavy atom. The number of nitrogens with two attached hydrogens (primary N) is 1. The number of amides is 1. The number of aromatic nitrogens is 2. The third kappa shape index (κ3) is 6.40. The predicted octanol–water partition coefficient (Wildman–Crippen LogP) is 2.06. The SMILES string of the molecule is CCCCN(C(=O)COC(=O)C=Cc1ccc(F)cc1)c1c(N)n(CCC)c(=O)[nH]c1=O. The van der Waals surface area contributed by atoms with Gasteiger partial charge in [0.2, 0.25) is 0 Å². The highest BCUT2D eigenvalue weighted by molar-refractivity contribution is 5.98. The Bertz CT molecular complexity index is 1090. The van der Waals surface area contributed by atoms with E-state index in [0.717, 1.165) is 17.4 Å². The molecule has 9 nitrogen and oxygen atoms in total. The van der Waals surface area contributed by atoms with E-state index in [9.17, 15) is 23.6 Å². The zero-order valence-electron chi connectivity index (χ0n) is 18.1. The summed E-state index contributed by atoms with van der Waals surface area (Å²) in [4.78, 5) is 52.6. The average molecular weight is 446 g/mol. The lowest BCUT2D eigenvalue weighted by Gasteiger charge is -2.24. The van der Waals surface area contributed by atoms with Crippen molar-refractivity contribution in [2.45, 2.75) is 39.7 Å². The molecule has 1 amide bonds. The normalized spacial score (nSPS) is 11.0. The number of carbonyl (C=O) groups is 2. The molecule has 0 aliphatic carbocycles. The van der Waals surface area contributed by atoms with Gasteiger partial charge in [0.15, 0.2) is 12.3 Å². The Morgan fingerprint density at radius 1 is 1.19 bits per heavy atom. The van der Waals surface area contributed by atoms with Gasteiger partial charge in [-0.15, -0.1) is 0 Å². The molecule has 2 rings (SSSR count). The van der Waals surface area contributed by atoms with Crippen LogP contribution in [0, 0.1) is 5.82 Å². The van der Waals surface area contributed by atoms with Crippen LogP contribution in [-0.2, 0) is 20.9 Å². The van der Waals surface area contributed by atoms with E-state index in [4.69, 9.17) is 10.5 Å². The van der Waals surface area contributed by atoms with Crippen LogP contribution in [0.25, 0.3) is 6.08 Å². The third-order valence-corrected chi connectivity index (χ3v) is 4.59. The van der Waals surface area contributed by atoms with Crippen LogP contribution in [0.1, 0.15) is 38.7 Å². The summed E-state index contributed by atoms with van der Waals surface area (Å²) in [6.07, 6.45) is 4.42. The van der Waals surface area contributed by atoms with E-state index >= 15 is 0 Å². The van der Waals surface area contributed by atoms with E-state index in [0.29, 0.717) is 18.4 Å². The molecule has 0 aliphatic rings. The average Bonchev–Trinajstić information content (AvgIpc) is 2.76. The van der Waals surface area contributed by atoms with Gasteiger partial charge >= 0.3 is 11.7 Å². The molecule has 0 saturated carbocycles. The number of nitrogens with one attached hydrogen (secondary N) is 1. The number of ether oxygens (including phenoxy) is 1. The molecule has 0 unspecified atom stereocenters. The summed E-state index contributed by atoms with van der Waals surface area (Å²) in [7, 11) is 0. The van der Waals surface area contributed by atoms with Crippen molar-refractivity contribution in [1.82, 2.24) is 9.55 Å². The van der Waals surface area contributed by atoms with Crippen molar-refractivity contribution in [1.29, 1.82) is 0 Å². The molecule has 0 fully saturated rings. The number of benzene rings is 1. The van der Waals surface area contributed by atoms with E-state index in [2.05, 4.69) is 4.98 Å². The standard InChI is InChI=1S/C22H27FN4O5/c1-3-5-13-26(19-20(24)27(12-4-2)22(31)25-21(19)30)17(28)14-32-18(29)11-8-15-6-9-16(23)10-7-15/h6-11H,3-5,12-14,24H2,1-2H3,(H,25,30,31). The number of rotatable bonds is 10. The van der Waals surface area contributed by atoms with Gasteiger partial charge in [0.1, 0.15) is 11.6 Å². The van der Waals surface area contributed by atoms with Crippen molar-refractivity contribution in [3.05, 3.63) is 62.6 Å². The lowest BCUT2D eigenvalue weighted by Crippen LogP contribution is -2.43. The lowest BCUT2D eigenvalue weighted by molar-refractivity contribution is -0.142. The molecule has 0 atom stereocenters. The second kappa shape index (κ2) is 11.6. The number of unbranched alkanes of at least 4 members (excludes halogenated alkanes) is 1. The predicted molar refractivity (Wildman–Crippen MR) is 120 cm³/mol. The summed E-state index contributed by atoms with van der Waals surface area (Å²) in [5, 5.41) is 0. The van der Waals surface area contributed by atoms with Crippen LogP contribution in [0.2, 0.25) is 0 Å². The summed E-state index contributed by atoms with van der Waals surface area (Å²) in [5.41, 5.74) is 5.06. The quantitative estimate of drug-likeness (QED) is 0.425. The summed E-state index contributed by atoms with van der Waals surface area (Å²) >= 11 is 0. The minimum Gasteiger partial charge on any atom is -0.452 e. The highest BCUT2D eigenvalue weighted by Crippen LogP contribution is 2.18. The Balaban J connectivity index is 2.19. The Labute approximate surface area is 184 Å². The number of carbonyl (C=O) groups excluding carboxylic acids is 2. The Hall–Kier alpha value is -3.69. The third-order valence-electron chi connectivity index (χ3n) is 4.59. The molecule has 32 heavy (non-hydrogen) atoms. The van der Waals surface area contributed by atoms with Gasteiger partial charge in [-0.3, -0.25) is 19.1 Å². The van der Waals surface area contributed by atoms with Gasteiger partial charge < -0.3 is 15.4 Å². The fourth-order valence-corrected chi connectivity index (χ4v) is 2.96. The number of hydrogen-bond donors (Lipinski definition) is 2. The second-order valence-electron chi connectivity index (χ2n) is 7.04. The number of aromatic amines is 1. The van der Waals surface area contributed by atoms with Gasteiger partial charge in [-0.1, -0.05) is 32.4 Å². The topological polar surface area (TPSA) is 127 Å². The molecule has 1 heterocycles. The molecule has 0 saturated heterocycles. The molecule has 0 aliphatic heterocycles. The first kappa shape index (κ1) is 24.6. The van der Waals surface area contributed by atoms with Crippen molar-refractivity contribution in [2.24, 2.45) is 0 Å². The van der Waals surface area contributed by atoms with Gasteiger partial charge in [-0.2, -0.15) is 0 Å². The summed E-state index contributed by atoms with van der Waals surface area (Å²) in [6.45, 7) is 3.56. The number of H-pyrrole nitrogens is 1. The fourth-order valence-electron chi connectivity index (χ4n) is 2.96. The van der Waals surface area contributed by atoms with Gasteiger partial charge in [-0.05, 0) is 36.6 Å². The number of anilines is 2.